The van der Waals surface area contributed by atoms with Gasteiger partial charge in [0.15, 0.2) is 0 Å². The second-order valence-corrected chi connectivity index (χ2v) is 5.18. The number of carbonyl (C=O) groups excluding carboxylic acids is 2. The fourth-order valence-corrected chi connectivity index (χ4v) is 2.76. The van der Waals surface area contributed by atoms with Gasteiger partial charge >= 0.3 is 6.03 Å². The third-order valence-electron chi connectivity index (χ3n) is 3.79. The van der Waals surface area contributed by atoms with Crippen LogP contribution in [0.15, 0.2) is 24.3 Å². The average Bonchev–Trinajstić information content (AvgIpc) is 2.34. The lowest BCUT2D eigenvalue weighted by Crippen LogP contribution is -2.59. The predicted molar refractivity (Wildman–Crippen MR) is 73.7 cm³/mol. The number of aryl methyl sites for hydroxylation is 1. The summed E-state index contributed by atoms with van der Waals surface area (Å²) in [7, 11) is 0. The molecule has 1 saturated heterocycles. The summed E-state index contributed by atoms with van der Waals surface area (Å²) in [5, 5.41) is 0. The van der Waals surface area contributed by atoms with Gasteiger partial charge in [0.25, 0.3) is 0 Å². The number of rotatable bonds is 4. The molecule has 0 spiro atoms. The van der Waals surface area contributed by atoms with Gasteiger partial charge in [0.05, 0.1) is 6.04 Å². The maximum atomic E-state index is 11.5. The van der Waals surface area contributed by atoms with Crippen LogP contribution in [0.3, 0.4) is 0 Å². The Hall–Kier alpha value is -1.84. The molecule has 1 aliphatic heterocycles. The molecule has 1 fully saturated rings. The normalized spacial score (nSPS) is 20.0. The molecule has 102 valence electrons. The molecule has 1 aliphatic rings. The van der Waals surface area contributed by atoms with Crippen LogP contribution in [0.2, 0.25) is 0 Å². The molecule has 1 aromatic carbocycles. The summed E-state index contributed by atoms with van der Waals surface area (Å²) in [4.78, 5) is 24.0. The molecule has 2 rings (SSSR count). The third kappa shape index (κ3) is 2.62. The third-order valence-corrected chi connectivity index (χ3v) is 3.79. The first-order valence-corrected chi connectivity index (χ1v) is 6.72. The largest absolute Gasteiger partial charge is 0.351 e. The van der Waals surface area contributed by atoms with Crippen molar-refractivity contribution in [1.29, 1.82) is 0 Å². The molecule has 0 saturated carbocycles. The number of β-lactam (4-membered cyclic amide) rings is 1. The lowest BCUT2D eigenvalue weighted by molar-refractivity contribution is -0.141. The Morgan fingerprint density at radius 2 is 2.05 bits per heavy atom. The molecule has 2 atom stereocenters. The van der Waals surface area contributed by atoms with Crippen LogP contribution in [0.25, 0.3) is 0 Å². The summed E-state index contributed by atoms with van der Waals surface area (Å²) in [5.41, 5.74) is 7.66. The first-order valence-electron chi connectivity index (χ1n) is 6.72. The fourth-order valence-electron chi connectivity index (χ4n) is 2.76. The van der Waals surface area contributed by atoms with Gasteiger partial charge in [-0.25, -0.2) is 4.79 Å². The molecule has 0 bridgehead atoms. The highest BCUT2D eigenvalue weighted by molar-refractivity contribution is 5.99. The molecule has 0 radical (unpaired) electrons. The number of nitrogens with two attached hydrogens (primary N) is 1. The number of primary amides is 1. The number of hydrogen-bond acceptors (Lipinski definition) is 2. The van der Waals surface area contributed by atoms with Gasteiger partial charge in [-0.15, -0.1) is 0 Å². The van der Waals surface area contributed by atoms with Gasteiger partial charge in [-0.2, -0.15) is 0 Å². The number of benzene rings is 1. The molecule has 19 heavy (non-hydrogen) atoms. The minimum atomic E-state index is -0.630. The zero-order chi connectivity index (χ0) is 14.0. The summed E-state index contributed by atoms with van der Waals surface area (Å²) in [5.74, 6) is 0.0292. The SMILES string of the molecule is CCC[C@H](c1ccc(C)cc1)C1CC(=O)N1C(N)=O. The van der Waals surface area contributed by atoms with Crippen LogP contribution < -0.4 is 5.73 Å². The van der Waals surface area contributed by atoms with Crippen molar-refractivity contribution in [3.63, 3.8) is 0 Å². The highest BCUT2D eigenvalue weighted by atomic mass is 16.2. The van der Waals surface area contributed by atoms with E-state index in [9.17, 15) is 9.59 Å². The second kappa shape index (κ2) is 5.43. The zero-order valence-electron chi connectivity index (χ0n) is 11.4. The van der Waals surface area contributed by atoms with E-state index in [0.29, 0.717) is 6.42 Å². The van der Waals surface area contributed by atoms with Crippen molar-refractivity contribution in [2.75, 3.05) is 0 Å². The summed E-state index contributed by atoms with van der Waals surface area (Å²) < 4.78 is 0. The number of imide groups is 1. The summed E-state index contributed by atoms with van der Waals surface area (Å²) >= 11 is 0. The van der Waals surface area contributed by atoms with E-state index >= 15 is 0 Å². The quantitative estimate of drug-likeness (QED) is 0.846. The summed E-state index contributed by atoms with van der Waals surface area (Å²) in [6.45, 7) is 4.15. The lowest BCUT2D eigenvalue weighted by Gasteiger charge is -2.42. The topological polar surface area (TPSA) is 63.4 Å². The van der Waals surface area contributed by atoms with E-state index in [1.807, 2.05) is 6.92 Å². The first-order chi connectivity index (χ1) is 9.04. The Kier molecular flexibility index (Phi) is 3.88. The van der Waals surface area contributed by atoms with Crippen LogP contribution >= 0.6 is 0 Å². The predicted octanol–water partition coefficient (Wildman–Crippen LogP) is 2.56. The number of likely N-dealkylation sites (tertiary alicyclic amines) is 1. The van der Waals surface area contributed by atoms with E-state index in [4.69, 9.17) is 5.73 Å². The van der Waals surface area contributed by atoms with E-state index < -0.39 is 6.03 Å². The van der Waals surface area contributed by atoms with Crippen molar-refractivity contribution in [1.82, 2.24) is 4.90 Å². The Labute approximate surface area is 113 Å². The second-order valence-electron chi connectivity index (χ2n) is 5.18. The Morgan fingerprint density at radius 3 is 2.53 bits per heavy atom. The summed E-state index contributed by atoms with van der Waals surface area (Å²) in [6.07, 6.45) is 2.38. The lowest BCUT2D eigenvalue weighted by atomic mass is 9.81. The monoisotopic (exact) mass is 260 g/mol. The Balaban J connectivity index is 2.23. The van der Waals surface area contributed by atoms with Crippen molar-refractivity contribution in [3.8, 4) is 0 Å². The van der Waals surface area contributed by atoms with E-state index in [1.54, 1.807) is 0 Å². The molecule has 4 heteroatoms. The van der Waals surface area contributed by atoms with Gasteiger partial charge < -0.3 is 5.73 Å². The molecule has 4 nitrogen and oxygen atoms in total. The zero-order valence-corrected chi connectivity index (χ0v) is 11.4. The molecule has 1 unspecified atom stereocenters. The van der Waals surface area contributed by atoms with Gasteiger partial charge in [-0.05, 0) is 18.9 Å². The number of amides is 3. The Morgan fingerprint density at radius 1 is 1.42 bits per heavy atom. The van der Waals surface area contributed by atoms with Crippen molar-refractivity contribution < 1.29 is 9.59 Å². The first kappa shape index (κ1) is 13.6. The van der Waals surface area contributed by atoms with Crippen molar-refractivity contribution in [3.05, 3.63) is 35.4 Å². The standard InChI is InChI=1S/C15H20N2O2/c1-3-4-12(11-7-5-10(2)6-8-11)13-9-14(18)17(13)15(16)19/h5-8,12-13H,3-4,9H2,1-2H3,(H2,16,19)/t12-,13?/m1/s1. The van der Waals surface area contributed by atoms with Crippen LogP contribution in [0, 0.1) is 6.92 Å². The van der Waals surface area contributed by atoms with Gasteiger partial charge in [0.1, 0.15) is 0 Å². The summed E-state index contributed by atoms with van der Waals surface area (Å²) in [6, 6.07) is 7.58. The fraction of sp³-hybridized carbons (Fsp3) is 0.467. The molecular weight excluding hydrogens is 240 g/mol. The maximum Gasteiger partial charge on any atom is 0.321 e. The minimum absolute atomic E-state index is 0.0762. The number of nitrogens with zero attached hydrogens (tertiary/aromatic N) is 1. The van der Waals surface area contributed by atoms with Gasteiger partial charge in [-0.1, -0.05) is 43.2 Å². The van der Waals surface area contributed by atoms with Gasteiger partial charge in [-0.3, -0.25) is 9.69 Å². The number of hydrogen-bond donors (Lipinski definition) is 1. The molecular formula is C15H20N2O2. The van der Waals surface area contributed by atoms with Crippen LogP contribution in [-0.2, 0) is 4.79 Å². The smallest absolute Gasteiger partial charge is 0.321 e. The van der Waals surface area contributed by atoms with Crippen molar-refractivity contribution in [2.45, 2.75) is 45.1 Å². The number of urea groups is 1. The van der Waals surface area contributed by atoms with Gasteiger partial charge in [0, 0.05) is 12.3 Å². The van der Waals surface area contributed by atoms with E-state index in [2.05, 4.69) is 31.2 Å². The van der Waals surface area contributed by atoms with Crippen LogP contribution in [0.5, 0.6) is 0 Å². The van der Waals surface area contributed by atoms with E-state index in [0.717, 1.165) is 12.8 Å². The van der Waals surface area contributed by atoms with Crippen molar-refractivity contribution >= 4 is 11.9 Å². The van der Waals surface area contributed by atoms with Crippen LogP contribution in [-0.4, -0.2) is 22.9 Å². The molecule has 1 aromatic rings. The maximum absolute atomic E-state index is 11.5. The molecule has 0 aromatic heterocycles. The van der Waals surface area contributed by atoms with Crippen LogP contribution in [0.1, 0.15) is 43.2 Å². The van der Waals surface area contributed by atoms with Crippen LogP contribution in [0.4, 0.5) is 4.79 Å². The Bertz CT molecular complexity index is 473. The highest BCUT2D eigenvalue weighted by Crippen LogP contribution is 2.36. The molecule has 0 aliphatic carbocycles. The molecule has 3 amide bonds. The minimum Gasteiger partial charge on any atom is -0.351 e. The number of carbonyl (C=O) groups is 2. The van der Waals surface area contributed by atoms with Crippen molar-refractivity contribution in [2.24, 2.45) is 5.73 Å². The highest BCUT2D eigenvalue weighted by Gasteiger charge is 2.44. The van der Waals surface area contributed by atoms with Gasteiger partial charge in [0.2, 0.25) is 5.91 Å². The van der Waals surface area contributed by atoms with E-state index in [-0.39, 0.29) is 17.9 Å². The molecule has 1 heterocycles. The molecule has 2 N–H and O–H groups in total. The average molecular weight is 260 g/mol. The van der Waals surface area contributed by atoms with E-state index in [1.165, 1.54) is 16.0 Å².